The number of pyridine rings is 1. The van der Waals surface area contributed by atoms with E-state index in [1.165, 1.54) is 0 Å². The first-order valence-electron chi connectivity index (χ1n) is 5.52. The fourth-order valence-electron chi connectivity index (χ4n) is 1.94. The van der Waals surface area contributed by atoms with Crippen molar-refractivity contribution in [1.29, 1.82) is 0 Å². The normalized spacial score (nSPS) is 10.7. The number of carbonyl (C=O) groups excluding carboxylic acids is 1. The van der Waals surface area contributed by atoms with Gasteiger partial charge in [-0.15, -0.1) is 0 Å². The van der Waals surface area contributed by atoms with Gasteiger partial charge in [0.05, 0.1) is 11.1 Å². The molecule has 0 spiro atoms. The summed E-state index contributed by atoms with van der Waals surface area (Å²) in [6.45, 7) is 1.86. The predicted molar refractivity (Wildman–Crippen MR) is 67.2 cm³/mol. The molecular formula is C13H10N4O. The van der Waals surface area contributed by atoms with E-state index in [0.717, 1.165) is 17.4 Å². The molecule has 1 N–H and O–H groups in total. The second-order valence-electron chi connectivity index (χ2n) is 3.93. The van der Waals surface area contributed by atoms with Crippen LogP contribution < -0.4 is 0 Å². The fourth-order valence-corrected chi connectivity index (χ4v) is 1.94. The summed E-state index contributed by atoms with van der Waals surface area (Å²) >= 11 is 0. The van der Waals surface area contributed by atoms with Crippen LogP contribution in [0.1, 0.15) is 16.1 Å². The van der Waals surface area contributed by atoms with Gasteiger partial charge in [0.25, 0.3) is 0 Å². The SMILES string of the molecule is Cc1nc(-c2ccccn2)nc2[nH]cc(C=O)c12. The van der Waals surface area contributed by atoms with E-state index >= 15 is 0 Å². The summed E-state index contributed by atoms with van der Waals surface area (Å²) in [6, 6.07) is 5.58. The predicted octanol–water partition coefficient (Wildman–Crippen LogP) is 2.14. The number of aromatic amines is 1. The minimum absolute atomic E-state index is 0.555. The smallest absolute Gasteiger partial charge is 0.180 e. The van der Waals surface area contributed by atoms with Crippen LogP contribution in [-0.4, -0.2) is 26.2 Å². The maximum Gasteiger partial charge on any atom is 0.180 e. The van der Waals surface area contributed by atoms with Gasteiger partial charge < -0.3 is 4.98 Å². The molecule has 5 heteroatoms. The molecule has 0 aromatic carbocycles. The van der Waals surface area contributed by atoms with Crippen LogP contribution in [0.5, 0.6) is 0 Å². The first-order chi connectivity index (χ1) is 8.79. The van der Waals surface area contributed by atoms with Gasteiger partial charge in [0.2, 0.25) is 0 Å². The average Bonchev–Trinajstić information content (AvgIpc) is 2.83. The first-order valence-corrected chi connectivity index (χ1v) is 5.52. The molecule has 0 unspecified atom stereocenters. The lowest BCUT2D eigenvalue weighted by atomic mass is 10.2. The topological polar surface area (TPSA) is 71.5 Å². The molecular weight excluding hydrogens is 228 g/mol. The average molecular weight is 238 g/mol. The number of H-pyrrole nitrogens is 1. The molecule has 5 nitrogen and oxygen atoms in total. The number of aryl methyl sites for hydroxylation is 1. The van der Waals surface area contributed by atoms with Crippen molar-refractivity contribution in [2.75, 3.05) is 0 Å². The largest absolute Gasteiger partial charge is 0.345 e. The van der Waals surface area contributed by atoms with Gasteiger partial charge in [0.1, 0.15) is 11.3 Å². The van der Waals surface area contributed by atoms with Crippen LogP contribution in [0.3, 0.4) is 0 Å². The number of fused-ring (bicyclic) bond motifs is 1. The fraction of sp³-hybridized carbons (Fsp3) is 0.0769. The maximum absolute atomic E-state index is 10.9. The second-order valence-corrected chi connectivity index (χ2v) is 3.93. The number of rotatable bonds is 2. The lowest BCUT2D eigenvalue weighted by Gasteiger charge is -2.02. The van der Waals surface area contributed by atoms with Crippen molar-refractivity contribution in [3.63, 3.8) is 0 Å². The van der Waals surface area contributed by atoms with Gasteiger partial charge in [-0.05, 0) is 19.1 Å². The molecule has 0 aliphatic rings. The molecule has 0 aliphatic carbocycles. The molecule has 0 fully saturated rings. The van der Waals surface area contributed by atoms with Crippen molar-refractivity contribution < 1.29 is 4.79 Å². The number of nitrogens with one attached hydrogen (secondary N) is 1. The van der Waals surface area contributed by atoms with Crippen molar-refractivity contribution in [1.82, 2.24) is 19.9 Å². The number of carbonyl (C=O) groups is 1. The number of aldehydes is 1. The Morgan fingerprint density at radius 1 is 1.28 bits per heavy atom. The van der Waals surface area contributed by atoms with Gasteiger partial charge in [-0.3, -0.25) is 9.78 Å². The zero-order valence-electron chi connectivity index (χ0n) is 9.71. The molecule has 3 rings (SSSR count). The van der Waals surface area contributed by atoms with Crippen LogP contribution >= 0.6 is 0 Å². The van der Waals surface area contributed by atoms with Crippen molar-refractivity contribution in [3.05, 3.63) is 41.9 Å². The first kappa shape index (κ1) is 10.6. The van der Waals surface area contributed by atoms with Crippen LogP contribution in [0.2, 0.25) is 0 Å². The van der Waals surface area contributed by atoms with Crippen molar-refractivity contribution in [3.8, 4) is 11.5 Å². The summed E-state index contributed by atoms with van der Waals surface area (Å²) in [7, 11) is 0. The van der Waals surface area contributed by atoms with Crippen molar-refractivity contribution in [2.24, 2.45) is 0 Å². The standard InChI is InChI=1S/C13H10N4O/c1-8-11-9(7-18)6-15-13(11)17-12(16-8)10-4-2-3-5-14-10/h2-7H,1H3,(H,15,16,17). The van der Waals surface area contributed by atoms with E-state index in [2.05, 4.69) is 19.9 Å². The highest BCUT2D eigenvalue weighted by Gasteiger charge is 2.11. The van der Waals surface area contributed by atoms with Gasteiger partial charge in [-0.2, -0.15) is 0 Å². The molecule has 3 heterocycles. The Labute approximate surface area is 103 Å². The molecule has 0 radical (unpaired) electrons. The third-order valence-electron chi connectivity index (χ3n) is 2.76. The molecule has 18 heavy (non-hydrogen) atoms. The Bertz CT molecular complexity index is 718. The van der Waals surface area contributed by atoms with Crippen LogP contribution in [-0.2, 0) is 0 Å². The quantitative estimate of drug-likeness (QED) is 0.694. The zero-order chi connectivity index (χ0) is 12.5. The lowest BCUT2D eigenvalue weighted by Crippen LogP contribution is -1.95. The highest BCUT2D eigenvalue weighted by atomic mass is 16.1. The van der Waals surface area contributed by atoms with E-state index in [-0.39, 0.29) is 0 Å². The lowest BCUT2D eigenvalue weighted by molar-refractivity contribution is 0.112. The Hall–Kier alpha value is -2.56. The number of hydrogen-bond acceptors (Lipinski definition) is 4. The van der Waals surface area contributed by atoms with Gasteiger partial charge in [0, 0.05) is 18.0 Å². The Morgan fingerprint density at radius 3 is 2.89 bits per heavy atom. The summed E-state index contributed by atoms with van der Waals surface area (Å²) in [4.78, 5) is 26.9. The molecule has 3 aromatic heterocycles. The van der Waals surface area contributed by atoms with Gasteiger partial charge in [0.15, 0.2) is 12.1 Å². The van der Waals surface area contributed by atoms with Crippen LogP contribution in [0.4, 0.5) is 0 Å². The second kappa shape index (κ2) is 4.03. The van der Waals surface area contributed by atoms with E-state index in [1.807, 2.05) is 25.1 Å². The summed E-state index contributed by atoms with van der Waals surface area (Å²) in [6.07, 6.45) is 4.14. The van der Waals surface area contributed by atoms with Crippen LogP contribution in [0.15, 0.2) is 30.6 Å². The molecule has 0 aliphatic heterocycles. The Kier molecular flexibility index (Phi) is 2.37. The summed E-state index contributed by atoms with van der Waals surface area (Å²) in [5.41, 5.74) is 2.72. The molecule has 3 aromatic rings. The summed E-state index contributed by atoms with van der Waals surface area (Å²) < 4.78 is 0. The molecule has 0 amide bonds. The van der Waals surface area contributed by atoms with Gasteiger partial charge >= 0.3 is 0 Å². The minimum Gasteiger partial charge on any atom is -0.345 e. The van der Waals surface area contributed by atoms with E-state index in [0.29, 0.717) is 22.7 Å². The molecule has 0 saturated carbocycles. The molecule has 88 valence electrons. The zero-order valence-corrected chi connectivity index (χ0v) is 9.71. The van der Waals surface area contributed by atoms with Crippen molar-refractivity contribution >= 4 is 17.3 Å². The number of nitrogens with zero attached hydrogens (tertiary/aromatic N) is 3. The Morgan fingerprint density at radius 2 is 2.17 bits per heavy atom. The Balaban J connectivity index is 2.26. The van der Waals surface area contributed by atoms with E-state index < -0.39 is 0 Å². The van der Waals surface area contributed by atoms with Gasteiger partial charge in [-0.1, -0.05) is 6.07 Å². The van der Waals surface area contributed by atoms with E-state index in [9.17, 15) is 4.79 Å². The van der Waals surface area contributed by atoms with E-state index in [1.54, 1.807) is 12.4 Å². The third-order valence-corrected chi connectivity index (χ3v) is 2.76. The van der Waals surface area contributed by atoms with E-state index in [4.69, 9.17) is 0 Å². The number of hydrogen-bond donors (Lipinski definition) is 1. The van der Waals surface area contributed by atoms with Crippen LogP contribution in [0, 0.1) is 6.92 Å². The minimum atomic E-state index is 0.555. The highest BCUT2D eigenvalue weighted by molar-refractivity contribution is 5.97. The maximum atomic E-state index is 10.9. The third kappa shape index (κ3) is 1.57. The highest BCUT2D eigenvalue weighted by Crippen LogP contribution is 2.21. The summed E-state index contributed by atoms with van der Waals surface area (Å²) in [5.74, 6) is 0.555. The van der Waals surface area contributed by atoms with Crippen molar-refractivity contribution in [2.45, 2.75) is 6.92 Å². The van der Waals surface area contributed by atoms with Crippen LogP contribution in [0.25, 0.3) is 22.6 Å². The summed E-state index contributed by atoms with van der Waals surface area (Å²) in [5, 5.41) is 0.768. The molecule has 0 bridgehead atoms. The number of aromatic nitrogens is 4. The monoisotopic (exact) mass is 238 g/mol. The molecule has 0 atom stereocenters. The molecule has 0 saturated heterocycles. The van der Waals surface area contributed by atoms with Gasteiger partial charge in [-0.25, -0.2) is 9.97 Å².